The second kappa shape index (κ2) is 4.71. The lowest BCUT2D eigenvalue weighted by molar-refractivity contribution is -0.159. The number of carbonyl (C=O) groups is 2. The third-order valence-corrected chi connectivity index (χ3v) is 1.12. The van der Waals surface area contributed by atoms with Gasteiger partial charge in [0.15, 0.2) is 0 Å². The summed E-state index contributed by atoms with van der Waals surface area (Å²) in [6.07, 6.45) is -2.16. The highest BCUT2D eigenvalue weighted by Crippen LogP contribution is 1.99. The molecule has 0 bridgehead atoms. The fourth-order valence-corrected chi connectivity index (χ4v) is 0.584. The first-order valence-electron chi connectivity index (χ1n) is 3.54. The minimum absolute atomic E-state index is 0.252. The Balaban J connectivity index is 3.76. The molecule has 0 aromatic carbocycles. The van der Waals surface area contributed by atoms with Gasteiger partial charge in [0.2, 0.25) is 0 Å². The van der Waals surface area contributed by atoms with Crippen LogP contribution in [-0.4, -0.2) is 34.4 Å². The van der Waals surface area contributed by atoms with Crippen LogP contribution in [0.3, 0.4) is 0 Å². The Kier molecular flexibility index (Phi) is 4.28. The third-order valence-electron chi connectivity index (χ3n) is 1.12. The molecule has 2 atom stereocenters. The number of esters is 1. The summed E-state index contributed by atoms with van der Waals surface area (Å²) >= 11 is 0. The molecule has 0 spiro atoms. The fourth-order valence-electron chi connectivity index (χ4n) is 0.584. The molecular weight excluding hydrogens is 164 g/mol. The van der Waals surface area contributed by atoms with Crippen LogP contribution >= 0.6 is 0 Å². The molecule has 0 aromatic rings. The van der Waals surface area contributed by atoms with E-state index in [1.807, 2.05) is 0 Å². The van der Waals surface area contributed by atoms with E-state index >= 15 is 0 Å². The average molecular weight is 176 g/mol. The number of aliphatic carboxylic acids is 1. The highest BCUT2D eigenvalue weighted by molar-refractivity contribution is 5.74. The van der Waals surface area contributed by atoms with Crippen LogP contribution < -0.4 is 0 Å². The third kappa shape index (κ3) is 4.68. The SMILES string of the molecule is CC(O)C(=O)O[C@H](C)CC(=O)O. The summed E-state index contributed by atoms with van der Waals surface area (Å²) < 4.78 is 4.55. The number of carbonyl (C=O) groups excluding carboxylic acids is 1. The lowest BCUT2D eigenvalue weighted by Crippen LogP contribution is -2.25. The maximum atomic E-state index is 10.7. The van der Waals surface area contributed by atoms with Crippen molar-refractivity contribution in [3.63, 3.8) is 0 Å². The minimum Gasteiger partial charge on any atom is -0.481 e. The number of hydrogen-bond donors (Lipinski definition) is 2. The predicted octanol–water partition coefficient (Wildman–Crippen LogP) is -0.226. The first-order chi connectivity index (χ1) is 5.43. The molecule has 0 saturated heterocycles. The van der Waals surface area contributed by atoms with E-state index < -0.39 is 24.1 Å². The lowest BCUT2D eigenvalue weighted by atomic mass is 10.3. The molecule has 0 heterocycles. The van der Waals surface area contributed by atoms with Crippen molar-refractivity contribution in [3.8, 4) is 0 Å². The predicted molar refractivity (Wildman–Crippen MR) is 39.5 cm³/mol. The quantitative estimate of drug-likeness (QED) is 0.578. The second-order valence-electron chi connectivity index (χ2n) is 2.52. The normalized spacial score (nSPS) is 14.9. The summed E-state index contributed by atoms with van der Waals surface area (Å²) in [6, 6.07) is 0. The van der Waals surface area contributed by atoms with Crippen LogP contribution in [0.4, 0.5) is 0 Å². The van der Waals surface area contributed by atoms with E-state index in [0.717, 1.165) is 0 Å². The molecule has 1 unspecified atom stereocenters. The van der Waals surface area contributed by atoms with Gasteiger partial charge in [-0.25, -0.2) is 4.79 Å². The summed E-state index contributed by atoms with van der Waals surface area (Å²) in [4.78, 5) is 20.8. The van der Waals surface area contributed by atoms with Crippen molar-refractivity contribution in [2.75, 3.05) is 0 Å². The van der Waals surface area contributed by atoms with E-state index in [0.29, 0.717) is 0 Å². The molecule has 70 valence electrons. The summed E-state index contributed by atoms with van der Waals surface area (Å²) in [5, 5.41) is 17.0. The molecule has 0 aliphatic carbocycles. The van der Waals surface area contributed by atoms with Gasteiger partial charge in [0.25, 0.3) is 0 Å². The number of carboxylic acid groups (broad SMARTS) is 1. The molecule has 0 aromatic heterocycles. The fraction of sp³-hybridized carbons (Fsp3) is 0.714. The van der Waals surface area contributed by atoms with E-state index in [4.69, 9.17) is 10.2 Å². The van der Waals surface area contributed by atoms with E-state index in [-0.39, 0.29) is 6.42 Å². The van der Waals surface area contributed by atoms with Crippen LogP contribution in [0.2, 0.25) is 0 Å². The molecule has 0 saturated carbocycles. The second-order valence-corrected chi connectivity index (χ2v) is 2.52. The Hall–Kier alpha value is -1.10. The molecule has 0 aliphatic heterocycles. The van der Waals surface area contributed by atoms with Crippen LogP contribution in [0.1, 0.15) is 20.3 Å². The van der Waals surface area contributed by atoms with Crippen LogP contribution in [0.25, 0.3) is 0 Å². The van der Waals surface area contributed by atoms with E-state index in [1.165, 1.54) is 13.8 Å². The van der Waals surface area contributed by atoms with Gasteiger partial charge in [0, 0.05) is 0 Å². The van der Waals surface area contributed by atoms with Gasteiger partial charge in [0.1, 0.15) is 12.2 Å². The first kappa shape index (κ1) is 10.9. The zero-order valence-corrected chi connectivity index (χ0v) is 6.98. The van der Waals surface area contributed by atoms with Gasteiger partial charge in [-0.2, -0.15) is 0 Å². The van der Waals surface area contributed by atoms with Crippen LogP contribution in [0.5, 0.6) is 0 Å². The smallest absolute Gasteiger partial charge is 0.334 e. The van der Waals surface area contributed by atoms with Gasteiger partial charge in [-0.1, -0.05) is 0 Å². The van der Waals surface area contributed by atoms with Gasteiger partial charge in [-0.05, 0) is 13.8 Å². The minimum atomic E-state index is -1.21. The molecule has 12 heavy (non-hydrogen) atoms. The zero-order valence-electron chi connectivity index (χ0n) is 6.98. The van der Waals surface area contributed by atoms with Crippen LogP contribution in [-0.2, 0) is 14.3 Å². The number of aliphatic hydroxyl groups excluding tert-OH is 1. The van der Waals surface area contributed by atoms with Gasteiger partial charge >= 0.3 is 11.9 Å². The van der Waals surface area contributed by atoms with Crippen molar-refractivity contribution in [3.05, 3.63) is 0 Å². The van der Waals surface area contributed by atoms with Crippen LogP contribution in [0.15, 0.2) is 0 Å². The number of ether oxygens (including phenoxy) is 1. The molecule has 0 fully saturated rings. The van der Waals surface area contributed by atoms with Crippen LogP contribution in [0, 0.1) is 0 Å². The topological polar surface area (TPSA) is 83.8 Å². The van der Waals surface area contributed by atoms with Crippen molar-refractivity contribution < 1.29 is 24.5 Å². The molecule has 0 rings (SSSR count). The van der Waals surface area contributed by atoms with Crippen molar-refractivity contribution in [2.24, 2.45) is 0 Å². The van der Waals surface area contributed by atoms with Crippen molar-refractivity contribution in [1.82, 2.24) is 0 Å². The molecule has 5 nitrogen and oxygen atoms in total. The van der Waals surface area contributed by atoms with Gasteiger partial charge < -0.3 is 14.9 Å². The summed E-state index contributed by atoms with van der Waals surface area (Å²) in [5.74, 6) is -1.84. The standard InChI is InChI=1S/C7H12O5/c1-4(3-6(9)10)12-7(11)5(2)8/h4-5,8H,3H2,1-2H3,(H,9,10)/t4-,5?/m1/s1. The van der Waals surface area contributed by atoms with Crippen molar-refractivity contribution in [2.45, 2.75) is 32.5 Å². The summed E-state index contributed by atoms with van der Waals surface area (Å²) in [6.45, 7) is 2.71. The van der Waals surface area contributed by atoms with E-state index in [2.05, 4.69) is 4.74 Å². The van der Waals surface area contributed by atoms with Gasteiger partial charge in [-0.3, -0.25) is 4.79 Å². The summed E-state index contributed by atoms with van der Waals surface area (Å²) in [5.41, 5.74) is 0. The Morgan fingerprint density at radius 3 is 2.25 bits per heavy atom. The van der Waals surface area contributed by atoms with E-state index in [9.17, 15) is 9.59 Å². The highest BCUT2D eigenvalue weighted by Gasteiger charge is 2.16. The highest BCUT2D eigenvalue weighted by atomic mass is 16.6. The van der Waals surface area contributed by atoms with Gasteiger partial charge in [-0.15, -0.1) is 0 Å². The van der Waals surface area contributed by atoms with E-state index in [1.54, 1.807) is 0 Å². The molecule has 5 heteroatoms. The number of rotatable bonds is 4. The monoisotopic (exact) mass is 176 g/mol. The Morgan fingerprint density at radius 2 is 1.92 bits per heavy atom. The molecular formula is C7H12O5. The lowest BCUT2D eigenvalue weighted by Gasteiger charge is -2.11. The van der Waals surface area contributed by atoms with Gasteiger partial charge in [0.05, 0.1) is 6.42 Å². The Labute approximate surface area is 70.0 Å². The van der Waals surface area contributed by atoms with Crippen molar-refractivity contribution >= 4 is 11.9 Å². The first-order valence-corrected chi connectivity index (χ1v) is 3.54. The zero-order chi connectivity index (χ0) is 9.72. The maximum absolute atomic E-state index is 10.7. The Bertz CT molecular complexity index is 175. The van der Waals surface area contributed by atoms with Crippen molar-refractivity contribution in [1.29, 1.82) is 0 Å². The number of hydrogen-bond acceptors (Lipinski definition) is 4. The Morgan fingerprint density at radius 1 is 1.42 bits per heavy atom. The number of carboxylic acids is 1. The molecule has 0 radical (unpaired) electrons. The molecule has 0 aliphatic rings. The molecule has 0 amide bonds. The average Bonchev–Trinajstić information content (AvgIpc) is 1.84. The summed E-state index contributed by atoms with van der Waals surface area (Å²) in [7, 11) is 0. The largest absolute Gasteiger partial charge is 0.481 e. The maximum Gasteiger partial charge on any atom is 0.334 e. The number of aliphatic hydroxyl groups is 1. The molecule has 2 N–H and O–H groups in total.